The summed E-state index contributed by atoms with van der Waals surface area (Å²) >= 11 is 0. The van der Waals surface area contributed by atoms with Crippen molar-refractivity contribution < 1.29 is 13.9 Å². The Morgan fingerprint density at radius 3 is 2.68 bits per heavy atom. The van der Waals surface area contributed by atoms with Crippen LogP contribution in [0.1, 0.15) is 25.0 Å². The van der Waals surface area contributed by atoms with Crippen LogP contribution in [-0.4, -0.2) is 48.1 Å². The smallest absolute Gasteiger partial charge is 0.336 e. The largest absolute Gasteiger partial charge is 0.481 e. The maximum Gasteiger partial charge on any atom is 0.336 e. The second-order valence-electron chi connectivity index (χ2n) is 7.82. The lowest BCUT2D eigenvalue weighted by atomic mass is 10.1. The third-order valence-electron chi connectivity index (χ3n) is 5.72. The molecule has 0 spiro atoms. The number of piperazine rings is 1. The Kier molecular flexibility index (Phi) is 5.93. The van der Waals surface area contributed by atoms with Crippen molar-refractivity contribution in [2.24, 2.45) is 0 Å². The molecule has 1 aliphatic rings. The zero-order valence-corrected chi connectivity index (χ0v) is 18.1. The number of anilines is 1. The Bertz CT molecular complexity index is 1150. The lowest BCUT2D eigenvalue weighted by Crippen LogP contribution is -2.52. The molecule has 1 fully saturated rings. The molecule has 3 aromatic rings. The van der Waals surface area contributed by atoms with Gasteiger partial charge in [-0.25, -0.2) is 9.78 Å². The number of rotatable bonds is 5. The minimum atomic E-state index is -0.637. The average molecular weight is 421 g/mol. The number of amides is 1. The van der Waals surface area contributed by atoms with E-state index in [1.54, 1.807) is 19.2 Å². The van der Waals surface area contributed by atoms with Gasteiger partial charge in [-0.2, -0.15) is 0 Å². The van der Waals surface area contributed by atoms with Crippen molar-refractivity contribution in [2.75, 3.05) is 31.1 Å². The third kappa shape index (κ3) is 4.40. The molecule has 31 heavy (non-hydrogen) atoms. The summed E-state index contributed by atoms with van der Waals surface area (Å²) in [6.07, 6.45) is 1.90. The Morgan fingerprint density at radius 1 is 1.19 bits per heavy atom. The highest BCUT2D eigenvalue weighted by Gasteiger charge is 2.27. The minimum Gasteiger partial charge on any atom is -0.481 e. The van der Waals surface area contributed by atoms with E-state index in [1.165, 1.54) is 6.07 Å². The number of carbonyl (C=O) groups is 1. The maximum absolute atomic E-state index is 12.9. The third-order valence-corrected chi connectivity index (χ3v) is 5.72. The van der Waals surface area contributed by atoms with Crippen LogP contribution in [0.3, 0.4) is 0 Å². The molecule has 1 aliphatic heterocycles. The number of nitrogens with zero attached hydrogens (tertiary/aromatic N) is 3. The first-order valence-corrected chi connectivity index (χ1v) is 10.6. The van der Waals surface area contributed by atoms with Crippen LogP contribution in [0.5, 0.6) is 5.75 Å². The van der Waals surface area contributed by atoms with Crippen molar-refractivity contribution >= 4 is 22.7 Å². The Morgan fingerprint density at radius 2 is 1.97 bits per heavy atom. The number of carbonyl (C=O) groups excluding carboxylic acids is 1. The van der Waals surface area contributed by atoms with E-state index in [0.29, 0.717) is 24.4 Å². The van der Waals surface area contributed by atoms with Crippen molar-refractivity contribution in [3.63, 3.8) is 0 Å². The molecule has 7 heteroatoms. The van der Waals surface area contributed by atoms with E-state index in [9.17, 15) is 9.59 Å². The summed E-state index contributed by atoms with van der Waals surface area (Å²) < 4.78 is 11.2. The van der Waals surface area contributed by atoms with Gasteiger partial charge >= 0.3 is 5.63 Å². The molecule has 0 radical (unpaired) electrons. The van der Waals surface area contributed by atoms with Gasteiger partial charge in [0.05, 0.1) is 0 Å². The van der Waals surface area contributed by atoms with Gasteiger partial charge in [-0.3, -0.25) is 4.79 Å². The van der Waals surface area contributed by atoms with E-state index >= 15 is 0 Å². The van der Waals surface area contributed by atoms with Gasteiger partial charge in [-0.1, -0.05) is 13.0 Å². The average Bonchev–Trinajstić information content (AvgIpc) is 2.78. The Balaban J connectivity index is 1.41. The summed E-state index contributed by atoms with van der Waals surface area (Å²) in [6, 6.07) is 10.9. The summed E-state index contributed by atoms with van der Waals surface area (Å²) in [5.74, 6) is 1.43. The lowest BCUT2D eigenvalue weighted by molar-refractivity contribution is -0.138. The van der Waals surface area contributed by atoms with Gasteiger partial charge in [0.1, 0.15) is 17.2 Å². The highest BCUT2D eigenvalue weighted by Crippen LogP contribution is 2.24. The van der Waals surface area contributed by atoms with E-state index in [1.807, 2.05) is 43.0 Å². The van der Waals surface area contributed by atoms with E-state index < -0.39 is 6.10 Å². The number of aromatic nitrogens is 1. The fourth-order valence-electron chi connectivity index (χ4n) is 4.03. The molecule has 1 atom stereocenters. The van der Waals surface area contributed by atoms with Gasteiger partial charge in [0.25, 0.3) is 5.91 Å². The van der Waals surface area contributed by atoms with E-state index in [2.05, 4.69) is 9.88 Å². The van der Waals surface area contributed by atoms with E-state index in [4.69, 9.17) is 9.15 Å². The molecule has 1 amide bonds. The van der Waals surface area contributed by atoms with Crippen LogP contribution in [0.4, 0.5) is 5.82 Å². The Hall–Kier alpha value is -3.35. The van der Waals surface area contributed by atoms with Crippen LogP contribution in [0.15, 0.2) is 51.8 Å². The highest BCUT2D eigenvalue weighted by molar-refractivity contribution is 5.83. The number of fused-ring (bicyclic) bond motifs is 1. The molecule has 2 aromatic heterocycles. The number of hydrogen-bond donors (Lipinski definition) is 0. The predicted octanol–water partition coefficient (Wildman–Crippen LogP) is 3.17. The quantitative estimate of drug-likeness (QED) is 0.589. The molecule has 0 saturated carbocycles. The zero-order valence-electron chi connectivity index (χ0n) is 18.1. The number of aryl methyl sites for hydroxylation is 2. The molecule has 3 heterocycles. The molecule has 4 rings (SSSR count). The molecular weight excluding hydrogens is 394 g/mol. The van der Waals surface area contributed by atoms with E-state index in [0.717, 1.165) is 41.8 Å². The molecule has 0 bridgehead atoms. The van der Waals surface area contributed by atoms with Crippen molar-refractivity contribution in [2.45, 2.75) is 33.3 Å². The van der Waals surface area contributed by atoms with Gasteiger partial charge in [0.2, 0.25) is 0 Å². The van der Waals surface area contributed by atoms with Gasteiger partial charge in [0.15, 0.2) is 6.10 Å². The van der Waals surface area contributed by atoms with Crippen LogP contribution in [0.25, 0.3) is 11.0 Å². The van der Waals surface area contributed by atoms with Gasteiger partial charge in [-0.05, 0) is 49.6 Å². The van der Waals surface area contributed by atoms with E-state index in [-0.39, 0.29) is 11.5 Å². The topological polar surface area (TPSA) is 75.9 Å². The first-order chi connectivity index (χ1) is 15.0. The standard InChI is InChI=1S/C24H27N3O4/c1-4-18-14-22(28)31-21-15-19(7-8-20(18)21)30-17(3)24(29)27-12-10-26(11-13-27)23-16(2)6-5-9-25-23/h5-9,14-15,17H,4,10-13H2,1-3H3. The van der Waals surface area contributed by atoms with Crippen molar-refractivity contribution in [1.29, 1.82) is 0 Å². The molecule has 1 saturated heterocycles. The lowest BCUT2D eigenvalue weighted by Gasteiger charge is -2.37. The molecular formula is C24H27N3O4. The second-order valence-corrected chi connectivity index (χ2v) is 7.82. The fraction of sp³-hybridized carbons (Fsp3) is 0.375. The van der Waals surface area contributed by atoms with Crippen LogP contribution in [0, 0.1) is 6.92 Å². The van der Waals surface area contributed by atoms with Crippen LogP contribution < -0.4 is 15.3 Å². The SMILES string of the molecule is CCc1cc(=O)oc2cc(OC(C)C(=O)N3CCN(c4ncccc4C)CC3)ccc12. The van der Waals surface area contributed by atoms with Crippen molar-refractivity contribution in [1.82, 2.24) is 9.88 Å². The normalized spacial score (nSPS) is 15.2. The molecule has 1 aromatic carbocycles. The summed E-state index contributed by atoms with van der Waals surface area (Å²) in [7, 11) is 0. The van der Waals surface area contributed by atoms with Crippen LogP contribution >= 0.6 is 0 Å². The second kappa shape index (κ2) is 8.79. The molecule has 7 nitrogen and oxygen atoms in total. The number of benzene rings is 1. The molecule has 0 aliphatic carbocycles. The molecule has 162 valence electrons. The van der Waals surface area contributed by atoms with Crippen molar-refractivity contribution in [3.8, 4) is 5.75 Å². The van der Waals surface area contributed by atoms with Gasteiger partial charge < -0.3 is 19.0 Å². The summed E-state index contributed by atoms with van der Waals surface area (Å²) in [6.45, 7) is 8.50. The first-order valence-electron chi connectivity index (χ1n) is 10.6. The highest BCUT2D eigenvalue weighted by atomic mass is 16.5. The number of pyridine rings is 1. The summed E-state index contributed by atoms with van der Waals surface area (Å²) in [5.41, 5.74) is 2.16. The minimum absolute atomic E-state index is 0.0544. The monoisotopic (exact) mass is 421 g/mol. The predicted molar refractivity (Wildman–Crippen MR) is 120 cm³/mol. The molecule has 1 unspecified atom stereocenters. The summed E-state index contributed by atoms with van der Waals surface area (Å²) in [4.78, 5) is 33.2. The summed E-state index contributed by atoms with van der Waals surface area (Å²) in [5, 5.41) is 0.884. The van der Waals surface area contributed by atoms with Crippen LogP contribution in [0.2, 0.25) is 0 Å². The first kappa shape index (κ1) is 20.9. The maximum atomic E-state index is 12.9. The van der Waals surface area contributed by atoms with Gasteiger partial charge in [-0.15, -0.1) is 0 Å². The number of hydrogen-bond acceptors (Lipinski definition) is 6. The van der Waals surface area contributed by atoms with Crippen molar-refractivity contribution in [3.05, 3.63) is 64.1 Å². The van der Waals surface area contributed by atoms with Gasteiger partial charge in [0, 0.05) is 49.9 Å². The zero-order chi connectivity index (χ0) is 22.0. The Labute approximate surface area is 181 Å². The molecule has 0 N–H and O–H groups in total. The fourth-order valence-corrected chi connectivity index (χ4v) is 4.03. The number of ether oxygens (including phenoxy) is 1. The van der Waals surface area contributed by atoms with Crippen LogP contribution in [-0.2, 0) is 11.2 Å².